The average Bonchev–Trinajstić information content (AvgIpc) is 2.78. The third-order valence-electron chi connectivity index (χ3n) is 6.68. The van der Waals surface area contributed by atoms with Crippen LogP contribution in [-0.2, 0) is 11.2 Å². The van der Waals surface area contributed by atoms with Crippen molar-refractivity contribution in [3.05, 3.63) is 58.7 Å². The number of ether oxygens (including phenoxy) is 2. The second-order valence-corrected chi connectivity index (χ2v) is 9.17. The smallest absolute Gasteiger partial charge is 0.222 e. The standard InChI is InChI=1S/C27H33NO4/c1-4-21-7-9-22(10-8-21)31-15-5-6-25(30)28-13-11-27(12-14-28)18-24(29)23-17-19(2)16-20(3)26(23)32-27/h7-10,16-17H,4-6,11-15,18H2,1-3H3. The number of carbonyl (C=O) groups excluding carboxylic acids is 2. The van der Waals surface area contributed by atoms with Crippen LogP contribution in [0.1, 0.15) is 66.1 Å². The van der Waals surface area contributed by atoms with Gasteiger partial charge in [0, 0.05) is 32.4 Å². The third-order valence-corrected chi connectivity index (χ3v) is 6.68. The molecular weight excluding hydrogens is 402 g/mol. The molecule has 4 rings (SSSR count). The Bertz CT molecular complexity index is 987. The number of hydrogen-bond donors (Lipinski definition) is 0. The maximum absolute atomic E-state index is 12.8. The van der Waals surface area contributed by atoms with Crippen LogP contribution in [0.3, 0.4) is 0 Å². The first-order valence-corrected chi connectivity index (χ1v) is 11.7. The molecule has 170 valence electrons. The number of ketones is 1. The van der Waals surface area contributed by atoms with E-state index in [2.05, 4.69) is 25.1 Å². The molecular formula is C27H33NO4. The second kappa shape index (κ2) is 9.35. The van der Waals surface area contributed by atoms with Crippen molar-refractivity contribution in [2.75, 3.05) is 19.7 Å². The van der Waals surface area contributed by atoms with Gasteiger partial charge in [0.15, 0.2) is 5.78 Å². The van der Waals surface area contributed by atoms with Crippen molar-refractivity contribution >= 4 is 11.7 Å². The quantitative estimate of drug-likeness (QED) is 0.596. The van der Waals surface area contributed by atoms with E-state index >= 15 is 0 Å². The predicted octanol–water partition coefficient (Wildman–Crippen LogP) is 5.05. The van der Waals surface area contributed by atoms with E-state index in [1.54, 1.807) is 0 Å². The minimum Gasteiger partial charge on any atom is -0.494 e. The molecule has 1 amide bonds. The van der Waals surface area contributed by atoms with E-state index in [0.29, 0.717) is 57.4 Å². The number of likely N-dealkylation sites (tertiary alicyclic amines) is 1. The van der Waals surface area contributed by atoms with E-state index < -0.39 is 5.60 Å². The molecule has 2 aromatic carbocycles. The summed E-state index contributed by atoms with van der Waals surface area (Å²) < 4.78 is 12.2. The summed E-state index contributed by atoms with van der Waals surface area (Å²) >= 11 is 0. The van der Waals surface area contributed by atoms with Gasteiger partial charge in [0.2, 0.25) is 5.91 Å². The molecule has 0 bridgehead atoms. The lowest BCUT2D eigenvalue weighted by Crippen LogP contribution is -2.52. The Labute approximate surface area is 190 Å². The van der Waals surface area contributed by atoms with Crippen LogP contribution in [0.5, 0.6) is 11.5 Å². The van der Waals surface area contributed by atoms with Crippen LogP contribution in [0.2, 0.25) is 0 Å². The fourth-order valence-corrected chi connectivity index (χ4v) is 4.77. The van der Waals surface area contributed by atoms with Crippen molar-refractivity contribution in [3.8, 4) is 11.5 Å². The van der Waals surface area contributed by atoms with E-state index in [-0.39, 0.29) is 11.7 Å². The van der Waals surface area contributed by atoms with E-state index in [0.717, 1.165) is 29.0 Å². The van der Waals surface area contributed by atoms with Crippen LogP contribution >= 0.6 is 0 Å². The highest BCUT2D eigenvalue weighted by Gasteiger charge is 2.44. The van der Waals surface area contributed by atoms with Crippen LogP contribution in [-0.4, -0.2) is 41.9 Å². The minimum atomic E-state index is -0.478. The minimum absolute atomic E-state index is 0.152. The zero-order chi connectivity index (χ0) is 22.7. The molecule has 1 fully saturated rings. The van der Waals surface area contributed by atoms with E-state index in [9.17, 15) is 9.59 Å². The number of rotatable bonds is 6. The van der Waals surface area contributed by atoms with Gasteiger partial charge in [-0.15, -0.1) is 0 Å². The Hall–Kier alpha value is -2.82. The molecule has 1 saturated heterocycles. The molecule has 32 heavy (non-hydrogen) atoms. The maximum atomic E-state index is 12.8. The third kappa shape index (κ3) is 4.82. The highest BCUT2D eigenvalue weighted by atomic mass is 16.5. The van der Waals surface area contributed by atoms with E-state index in [1.165, 1.54) is 5.56 Å². The summed E-state index contributed by atoms with van der Waals surface area (Å²) in [5, 5.41) is 0. The summed E-state index contributed by atoms with van der Waals surface area (Å²) in [4.78, 5) is 27.4. The number of amides is 1. The molecule has 2 aromatic rings. The van der Waals surface area contributed by atoms with E-state index in [1.807, 2.05) is 36.9 Å². The summed E-state index contributed by atoms with van der Waals surface area (Å²) in [6.07, 6.45) is 3.96. The van der Waals surface area contributed by atoms with Crippen LogP contribution in [0.25, 0.3) is 0 Å². The van der Waals surface area contributed by atoms with Crippen LogP contribution in [0, 0.1) is 13.8 Å². The lowest BCUT2D eigenvalue weighted by Gasteiger charge is -2.44. The Morgan fingerprint density at radius 3 is 2.53 bits per heavy atom. The summed E-state index contributed by atoms with van der Waals surface area (Å²) in [6.45, 7) is 7.92. The van der Waals surface area contributed by atoms with Gasteiger partial charge in [-0.05, 0) is 61.6 Å². The average molecular weight is 436 g/mol. The highest BCUT2D eigenvalue weighted by molar-refractivity contribution is 6.01. The fourth-order valence-electron chi connectivity index (χ4n) is 4.77. The number of benzene rings is 2. The number of Topliss-reactive ketones (excluding diaryl/α,β-unsaturated/α-hetero) is 1. The molecule has 5 nitrogen and oxygen atoms in total. The van der Waals surface area contributed by atoms with Gasteiger partial charge in [0.05, 0.1) is 18.6 Å². The van der Waals surface area contributed by atoms with Crippen LogP contribution in [0.15, 0.2) is 36.4 Å². The normalized spacial score (nSPS) is 17.1. The van der Waals surface area contributed by atoms with Crippen LogP contribution < -0.4 is 9.47 Å². The van der Waals surface area contributed by atoms with Gasteiger partial charge in [-0.3, -0.25) is 9.59 Å². The number of fused-ring (bicyclic) bond motifs is 1. The number of aryl methyl sites for hydroxylation is 3. The molecule has 0 saturated carbocycles. The monoisotopic (exact) mass is 435 g/mol. The summed E-state index contributed by atoms with van der Waals surface area (Å²) in [5.41, 5.74) is 3.60. The largest absolute Gasteiger partial charge is 0.494 e. The Kier molecular flexibility index (Phi) is 6.54. The molecule has 0 atom stereocenters. The molecule has 0 aromatic heterocycles. The molecule has 0 N–H and O–H groups in total. The Balaban J connectivity index is 1.26. The summed E-state index contributed by atoms with van der Waals surface area (Å²) in [6, 6.07) is 12.1. The summed E-state index contributed by atoms with van der Waals surface area (Å²) in [7, 11) is 0. The molecule has 0 aliphatic carbocycles. The highest BCUT2D eigenvalue weighted by Crippen LogP contribution is 2.41. The molecule has 1 spiro atoms. The predicted molar refractivity (Wildman–Crippen MR) is 125 cm³/mol. The van der Waals surface area contributed by atoms with Crippen molar-refractivity contribution in [2.45, 2.75) is 64.9 Å². The van der Waals surface area contributed by atoms with Crippen molar-refractivity contribution in [1.29, 1.82) is 0 Å². The van der Waals surface area contributed by atoms with Crippen LogP contribution in [0.4, 0.5) is 0 Å². The molecule has 2 aliphatic rings. The summed E-state index contributed by atoms with van der Waals surface area (Å²) in [5.74, 6) is 1.89. The molecule has 5 heteroatoms. The van der Waals surface area contributed by atoms with Gasteiger partial charge < -0.3 is 14.4 Å². The first-order valence-electron chi connectivity index (χ1n) is 11.7. The van der Waals surface area contributed by atoms with Crippen molar-refractivity contribution < 1.29 is 19.1 Å². The van der Waals surface area contributed by atoms with Gasteiger partial charge in [0.1, 0.15) is 17.1 Å². The number of carbonyl (C=O) groups is 2. The number of piperidine rings is 1. The second-order valence-electron chi connectivity index (χ2n) is 9.17. The number of hydrogen-bond acceptors (Lipinski definition) is 4. The van der Waals surface area contributed by atoms with E-state index in [4.69, 9.17) is 9.47 Å². The topological polar surface area (TPSA) is 55.8 Å². The van der Waals surface area contributed by atoms with Gasteiger partial charge in [0.25, 0.3) is 0 Å². The van der Waals surface area contributed by atoms with Gasteiger partial charge in [-0.25, -0.2) is 0 Å². The zero-order valence-electron chi connectivity index (χ0n) is 19.4. The lowest BCUT2D eigenvalue weighted by molar-refractivity contribution is -0.135. The van der Waals surface area contributed by atoms with Crippen molar-refractivity contribution in [2.24, 2.45) is 0 Å². The molecule has 2 aliphatic heterocycles. The van der Waals surface area contributed by atoms with Gasteiger partial charge in [-0.1, -0.05) is 25.1 Å². The van der Waals surface area contributed by atoms with Gasteiger partial charge >= 0.3 is 0 Å². The molecule has 0 unspecified atom stereocenters. The first kappa shape index (κ1) is 22.4. The molecule has 0 radical (unpaired) electrons. The Morgan fingerprint density at radius 1 is 1.12 bits per heavy atom. The zero-order valence-corrected chi connectivity index (χ0v) is 19.4. The number of nitrogens with zero attached hydrogens (tertiary/aromatic N) is 1. The SMILES string of the molecule is CCc1ccc(OCCCC(=O)N2CCC3(CC2)CC(=O)c2cc(C)cc(C)c2O3)cc1. The van der Waals surface area contributed by atoms with Gasteiger partial charge in [-0.2, -0.15) is 0 Å². The maximum Gasteiger partial charge on any atom is 0.222 e. The van der Waals surface area contributed by atoms with Crippen molar-refractivity contribution in [3.63, 3.8) is 0 Å². The van der Waals surface area contributed by atoms with Crippen molar-refractivity contribution in [1.82, 2.24) is 4.90 Å². The molecule has 2 heterocycles. The lowest BCUT2D eigenvalue weighted by atomic mass is 9.81. The first-order chi connectivity index (χ1) is 15.4. The Morgan fingerprint density at radius 2 is 1.84 bits per heavy atom. The fraction of sp³-hybridized carbons (Fsp3) is 0.481.